The highest BCUT2D eigenvalue weighted by atomic mass is 35.5. The maximum Gasteiger partial charge on any atom is 0.341 e. The number of anilines is 1. The fraction of sp³-hybridized carbons (Fsp3) is 0.182. The summed E-state index contributed by atoms with van der Waals surface area (Å²) in [6.07, 6.45) is 0.725. The molecule has 1 heterocycles. The van der Waals surface area contributed by atoms with E-state index >= 15 is 0 Å². The topological polar surface area (TPSA) is 50.4 Å². The molecule has 2 N–H and O–H groups in total. The largest absolute Gasteiger partial charge is 0.462 e. The van der Waals surface area contributed by atoms with E-state index in [4.69, 9.17) is 40.2 Å². The Bertz CT molecular complexity index is 1040. The van der Waals surface area contributed by atoms with Crippen LogP contribution in [0.25, 0.3) is 0 Å². The van der Waals surface area contributed by atoms with Crippen LogP contribution in [0.2, 0.25) is 10.0 Å². The van der Waals surface area contributed by atoms with E-state index in [1.54, 1.807) is 19.1 Å². The highest BCUT2D eigenvalue weighted by Crippen LogP contribution is 2.30. The van der Waals surface area contributed by atoms with Crippen LogP contribution in [-0.4, -0.2) is 17.7 Å². The molecular formula is C22H20Cl2N2O2S2. The summed E-state index contributed by atoms with van der Waals surface area (Å²) in [7, 11) is 0. The van der Waals surface area contributed by atoms with Crippen molar-refractivity contribution >= 4 is 62.8 Å². The number of hydrogen-bond donors (Lipinski definition) is 2. The van der Waals surface area contributed by atoms with Crippen LogP contribution in [0.15, 0.2) is 54.6 Å². The van der Waals surface area contributed by atoms with E-state index < -0.39 is 0 Å². The number of carbonyl (C=O) groups is 1. The molecule has 0 amide bonds. The van der Waals surface area contributed by atoms with Gasteiger partial charge in [0.05, 0.1) is 22.2 Å². The first-order valence-corrected chi connectivity index (χ1v) is 11.3. The van der Waals surface area contributed by atoms with Crippen molar-refractivity contribution in [2.45, 2.75) is 19.9 Å². The molecule has 2 aromatic carbocycles. The number of rotatable bonds is 7. The van der Waals surface area contributed by atoms with Crippen LogP contribution in [0.1, 0.15) is 33.3 Å². The normalized spacial score (nSPS) is 10.5. The van der Waals surface area contributed by atoms with Gasteiger partial charge in [-0.3, -0.25) is 0 Å². The number of nitrogens with one attached hydrogen (secondary N) is 2. The number of carbonyl (C=O) groups excluding carboxylic acids is 1. The molecule has 0 fully saturated rings. The average molecular weight is 479 g/mol. The molecule has 1 aromatic heterocycles. The number of hydrogen-bond acceptors (Lipinski definition) is 4. The summed E-state index contributed by atoms with van der Waals surface area (Å²) in [5.41, 5.74) is 2.59. The van der Waals surface area contributed by atoms with Gasteiger partial charge in [-0.2, -0.15) is 0 Å². The summed E-state index contributed by atoms with van der Waals surface area (Å²) in [4.78, 5) is 13.5. The van der Waals surface area contributed by atoms with Crippen molar-refractivity contribution in [3.63, 3.8) is 0 Å². The molecular weight excluding hydrogens is 459 g/mol. The van der Waals surface area contributed by atoms with Crippen molar-refractivity contribution in [1.82, 2.24) is 5.32 Å². The number of esters is 1. The van der Waals surface area contributed by atoms with Crippen LogP contribution >= 0.6 is 46.8 Å². The lowest BCUT2D eigenvalue weighted by Crippen LogP contribution is -2.28. The van der Waals surface area contributed by atoms with E-state index in [0.717, 1.165) is 16.9 Å². The minimum atomic E-state index is -0.372. The number of thiophene rings is 1. The molecule has 0 aliphatic carbocycles. The van der Waals surface area contributed by atoms with E-state index in [-0.39, 0.29) is 5.97 Å². The maximum atomic E-state index is 12.4. The Morgan fingerprint density at radius 1 is 1.07 bits per heavy atom. The molecule has 3 aromatic rings. The second-order valence-electron chi connectivity index (χ2n) is 6.39. The highest BCUT2D eigenvalue weighted by Gasteiger charge is 2.18. The Morgan fingerprint density at radius 2 is 1.83 bits per heavy atom. The van der Waals surface area contributed by atoms with Crippen LogP contribution in [0.3, 0.4) is 0 Å². The van der Waals surface area contributed by atoms with Crippen molar-refractivity contribution in [1.29, 1.82) is 0 Å². The van der Waals surface area contributed by atoms with Gasteiger partial charge in [-0.1, -0.05) is 59.6 Å². The third-order valence-corrected chi connectivity index (χ3v) is 6.20. The third kappa shape index (κ3) is 6.19. The first-order valence-electron chi connectivity index (χ1n) is 9.28. The zero-order valence-corrected chi connectivity index (χ0v) is 19.4. The van der Waals surface area contributed by atoms with Crippen LogP contribution < -0.4 is 10.6 Å². The minimum Gasteiger partial charge on any atom is -0.462 e. The summed E-state index contributed by atoms with van der Waals surface area (Å²) >= 11 is 18.9. The molecule has 0 aliphatic rings. The lowest BCUT2D eigenvalue weighted by molar-refractivity contribution is 0.0528. The quantitative estimate of drug-likeness (QED) is 0.307. The molecule has 0 unspecified atom stereocenters. The summed E-state index contributed by atoms with van der Waals surface area (Å²) < 4.78 is 5.20. The van der Waals surface area contributed by atoms with Crippen LogP contribution in [0.4, 0.5) is 5.00 Å². The number of thiocarbonyl (C=S) groups is 1. The van der Waals surface area contributed by atoms with Crippen LogP contribution in [0.5, 0.6) is 0 Å². The first-order chi connectivity index (χ1) is 14.5. The highest BCUT2D eigenvalue weighted by molar-refractivity contribution is 7.80. The molecule has 3 rings (SSSR count). The molecule has 30 heavy (non-hydrogen) atoms. The molecule has 0 radical (unpaired) electrons. The molecule has 0 saturated carbocycles. The van der Waals surface area contributed by atoms with Gasteiger partial charge in [-0.15, -0.1) is 11.3 Å². The van der Waals surface area contributed by atoms with Gasteiger partial charge in [0.15, 0.2) is 5.11 Å². The summed E-state index contributed by atoms with van der Waals surface area (Å²) in [6, 6.07) is 17.3. The summed E-state index contributed by atoms with van der Waals surface area (Å²) in [5, 5.41) is 8.31. The Balaban J connectivity index is 1.71. The molecule has 0 atom stereocenters. The van der Waals surface area contributed by atoms with Crippen molar-refractivity contribution < 1.29 is 9.53 Å². The van der Waals surface area contributed by atoms with Gasteiger partial charge in [0.25, 0.3) is 0 Å². The van der Waals surface area contributed by atoms with Crippen molar-refractivity contribution in [2.75, 3.05) is 11.9 Å². The lowest BCUT2D eigenvalue weighted by Gasteiger charge is -2.11. The van der Waals surface area contributed by atoms with Crippen LogP contribution in [0, 0.1) is 0 Å². The van der Waals surface area contributed by atoms with Crippen molar-refractivity contribution in [2.24, 2.45) is 0 Å². The lowest BCUT2D eigenvalue weighted by atomic mass is 10.1. The Kier molecular flexibility index (Phi) is 8.10. The molecule has 0 bridgehead atoms. The predicted octanol–water partition coefficient (Wildman–Crippen LogP) is 6.31. The van der Waals surface area contributed by atoms with Crippen molar-refractivity contribution in [3.8, 4) is 0 Å². The predicted molar refractivity (Wildman–Crippen MR) is 129 cm³/mol. The van der Waals surface area contributed by atoms with E-state index in [1.165, 1.54) is 16.9 Å². The van der Waals surface area contributed by atoms with E-state index in [9.17, 15) is 4.79 Å². The van der Waals surface area contributed by atoms with Crippen LogP contribution in [-0.2, 0) is 17.7 Å². The smallest absolute Gasteiger partial charge is 0.341 e. The van der Waals surface area contributed by atoms with Gasteiger partial charge in [-0.05, 0) is 48.5 Å². The van der Waals surface area contributed by atoms with Gasteiger partial charge in [0.1, 0.15) is 5.00 Å². The van der Waals surface area contributed by atoms with Gasteiger partial charge in [0.2, 0.25) is 0 Å². The SMILES string of the molecule is CCOC(=O)c1cc(Cc2ccccc2)sc1NC(=S)NCc1ccc(Cl)c(Cl)c1. The first kappa shape index (κ1) is 22.6. The number of benzene rings is 2. The average Bonchev–Trinajstić information content (AvgIpc) is 3.12. The zero-order valence-electron chi connectivity index (χ0n) is 16.2. The molecule has 156 valence electrons. The summed E-state index contributed by atoms with van der Waals surface area (Å²) in [5.74, 6) is -0.372. The van der Waals surface area contributed by atoms with Gasteiger partial charge >= 0.3 is 5.97 Å². The fourth-order valence-electron chi connectivity index (χ4n) is 2.76. The molecule has 0 aliphatic heterocycles. The molecule has 4 nitrogen and oxygen atoms in total. The standard InChI is InChI=1S/C22H20Cl2N2O2S2/c1-2-28-21(27)17-12-16(10-14-6-4-3-5-7-14)30-20(17)26-22(29)25-13-15-8-9-18(23)19(24)11-15/h3-9,11-12H,2,10,13H2,1H3,(H2,25,26,29). The Labute approximate surface area is 195 Å². The molecule has 0 saturated heterocycles. The minimum absolute atomic E-state index is 0.308. The molecule has 8 heteroatoms. The van der Waals surface area contributed by atoms with Gasteiger partial charge in [-0.25, -0.2) is 4.79 Å². The molecule has 0 spiro atoms. The summed E-state index contributed by atoms with van der Waals surface area (Å²) in [6.45, 7) is 2.56. The van der Waals surface area contributed by atoms with Gasteiger partial charge < -0.3 is 15.4 Å². The Hall–Kier alpha value is -2.12. The maximum absolute atomic E-state index is 12.4. The second kappa shape index (κ2) is 10.8. The third-order valence-electron chi connectivity index (χ3n) is 4.16. The zero-order chi connectivity index (χ0) is 21.5. The van der Waals surface area contributed by atoms with E-state index in [2.05, 4.69) is 22.8 Å². The van der Waals surface area contributed by atoms with E-state index in [1.807, 2.05) is 30.3 Å². The monoisotopic (exact) mass is 478 g/mol. The van der Waals surface area contributed by atoms with E-state index in [0.29, 0.717) is 38.9 Å². The van der Waals surface area contributed by atoms with Crippen molar-refractivity contribution in [3.05, 3.63) is 86.2 Å². The number of ether oxygens (including phenoxy) is 1. The Morgan fingerprint density at radius 3 is 2.53 bits per heavy atom. The second-order valence-corrected chi connectivity index (χ2v) is 8.75. The fourth-order valence-corrected chi connectivity index (χ4v) is 4.40. The number of halogens is 2. The van der Waals surface area contributed by atoms with Gasteiger partial charge in [0, 0.05) is 17.8 Å².